The molecule has 0 aromatic carbocycles. The summed E-state index contributed by atoms with van der Waals surface area (Å²) >= 11 is 0. The second kappa shape index (κ2) is 62.9. The number of phosphoric ester groups is 1. The van der Waals surface area contributed by atoms with Gasteiger partial charge in [0.2, 0.25) is 0 Å². The second-order valence-corrected chi connectivity index (χ2v) is 23.4. The number of esters is 2. The lowest BCUT2D eigenvalue weighted by Gasteiger charge is -2.19. The Morgan fingerprint density at radius 1 is 0.403 bits per heavy atom. The summed E-state index contributed by atoms with van der Waals surface area (Å²) in [6.45, 7) is 3.55. The molecule has 0 fully saturated rings. The SMILES string of the molecule is CC/C=C\C/C=C\C/C=C\C/C=C\C/C=C\CC(=O)OC(COC(=O)CCCCCCCCCCCCCCCCCCCCCCCCCCCCCCCCCCCCCCCCCCC)COP(=O)(O)OCCN. The molecule has 10 heteroatoms. The number of hydrogen-bond acceptors (Lipinski definition) is 8. The molecule has 0 aliphatic heterocycles. The second-order valence-electron chi connectivity index (χ2n) is 22.0. The van der Waals surface area contributed by atoms with Crippen LogP contribution >= 0.6 is 7.82 Å². The summed E-state index contributed by atoms with van der Waals surface area (Å²) in [5, 5.41) is 0. The van der Waals surface area contributed by atoms with E-state index in [1.165, 1.54) is 244 Å². The molecule has 0 amide bonds. The smallest absolute Gasteiger partial charge is 0.462 e. The third-order valence-corrected chi connectivity index (χ3v) is 15.4. The Balaban J connectivity index is 3.73. The highest BCUT2D eigenvalue weighted by atomic mass is 31.2. The van der Waals surface area contributed by atoms with Crippen LogP contribution in [0.3, 0.4) is 0 Å². The molecule has 0 aliphatic rings. The molecule has 0 heterocycles. The maximum absolute atomic E-state index is 12.6. The molecule has 0 spiro atoms. The van der Waals surface area contributed by atoms with Gasteiger partial charge in [-0.25, -0.2) is 4.57 Å². The first-order valence-electron chi connectivity index (χ1n) is 32.8. The van der Waals surface area contributed by atoms with Gasteiger partial charge >= 0.3 is 19.8 Å². The Kier molecular flexibility index (Phi) is 61.0. The first kappa shape index (κ1) is 74.7. The molecule has 2 unspecified atom stereocenters. The molecular weight excluding hydrogens is 978 g/mol. The van der Waals surface area contributed by atoms with Crippen molar-refractivity contribution >= 4 is 19.8 Å². The predicted octanol–water partition coefficient (Wildman–Crippen LogP) is 21.1. The summed E-state index contributed by atoms with van der Waals surface area (Å²) < 4.78 is 32.8. The fourth-order valence-electron chi connectivity index (χ4n) is 9.66. The number of allylic oxidation sites excluding steroid dienone is 9. The lowest BCUT2D eigenvalue weighted by atomic mass is 10.0. The summed E-state index contributed by atoms with van der Waals surface area (Å²) in [7, 11) is -4.41. The molecule has 3 N–H and O–H groups in total. The highest BCUT2D eigenvalue weighted by Crippen LogP contribution is 2.43. The Bertz CT molecular complexity index is 1440. The van der Waals surface area contributed by atoms with E-state index in [9.17, 15) is 19.0 Å². The van der Waals surface area contributed by atoms with E-state index in [0.29, 0.717) is 6.42 Å². The van der Waals surface area contributed by atoms with E-state index in [1.807, 2.05) is 12.2 Å². The Morgan fingerprint density at radius 3 is 1.01 bits per heavy atom. The number of rotatable bonds is 62. The minimum atomic E-state index is -4.41. The molecule has 0 saturated heterocycles. The number of hydrogen-bond donors (Lipinski definition) is 2. The van der Waals surface area contributed by atoms with Gasteiger partial charge in [0.05, 0.1) is 19.6 Å². The summed E-state index contributed by atoms with van der Waals surface area (Å²) in [6.07, 6.45) is 81.0. The van der Waals surface area contributed by atoms with Crippen molar-refractivity contribution in [1.29, 1.82) is 0 Å². The molecule has 0 radical (unpaired) electrons. The minimum absolute atomic E-state index is 0.00176. The van der Waals surface area contributed by atoms with Crippen LogP contribution in [0.1, 0.15) is 322 Å². The average molecular weight is 1100 g/mol. The van der Waals surface area contributed by atoms with E-state index < -0.39 is 32.5 Å². The monoisotopic (exact) mass is 1100 g/mol. The quantitative estimate of drug-likeness (QED) is 0.0264. The molecule has 9 nitrogen and oxygen atoms in total. The molecular formula is C67H124NO8P. The molecule has 77 heavy (non-hydrogen) atoms. The molecule has 0 saturated carbocycles. The maximum Gasteiger partial charge on any atom is 0.472 e. The van der Waals surface area contributed by atoms with Crippen molar-refractivity contribution in [2.24, 2.45) is 5.73 Å². The van der Waals surface area contributed by atoms with Gasteiger partial charge in [0.25, 0.3) is 0 Å². The number of carbonyl (C=O) groups is 2. The molecule has 2 atom stereocenters. The van der Waals surface area contributed by atoms with Crippen molar-refractivity contribution in [3.8, 4) is 0 Å². The van der Waals surface area contributed by atoms with Crippen LogP contribution in [-0.2, 0) is 32.7 Å². The standard InChI is InChI=1S/C67H124NO8P/c1-3-5-7-9-11-13-15-17-19-20-21-22-23-24-25-26-27-28-29-30-31-32-33-34-35-36-37-38-39-40-41-42-43-44-46-47-49-51-53-55-57-59-66(69)73-63-65(64-75-77(71,72)74-62-61-68)76-67(70)60-58-56-54-52-50-48-45-18-16-14-12-10-8-6-4-2/h6,8,12,14,18,45,50,52,56,58,65H,3-5,7,9-11,13,15-17,19-44,46-49,51,53-55,57,59-64,68H2,1-2H3,(H,71,72)/b8-6-,14-12-,45-18-,52-50-,58-56-. The van der Waals surface area contributed by atoms with Gasteiger partial charge in [-0.15, -0.1) is 0 Å². The van der Waals surface area contributed by atoms with Crippen molar-refractivity contribution in [2.75, 3.05) is 26.4 Å². The van der Waals surface area contributed by atoms with E-state index >= 15 is 0 Å². The maximum atomic E-state index is 12.6. The first-order valence-corrected chi connectivity index (χ1v) is 34.3. The van der Waals surface area contributed by atoms with Gasteiger partial charge in [-0.3, -0.25) is 18.6 Å². The van der Waals surface area contributed by atoms with Crippen molar-refractivity contribution in [3.05, 3.63) is 60.8 Å². The zero-order valence-corrected chi connectivity index (χ0v) is 51.3. The number of nitrogens with two attached hydrogens (primary N) is 1. The fraction of sp³-hybridized carbons (Fsp3) is 0.821. The summed E-state index contributed by atoms with van der Waals surface area (Å²) in [6, 6.07) is 0. The molecule has 0 rings (SSSR count). The Hall–Kier alpha value is -2.29. The van der Waals surface area contributed by atoms with Gasteiger partial charge in [0.15, 0.2) is 6.10 Å². The van der Waals surface area contributed by atoms with Gasteiger partial charge in [-0.1, -0.05) is 331 Å². The van der Waals surface area contributed by atoms with Crippen LogP contribution in [0.25, 0.3) is 0 Å². The van der Waals surface area contributed by atoms with Crippen molar-refractivity contribution in [3.63, 3.8) is 0 Å². The van der Waals surface area contributed by atoms with Crippen LogP contribution in [-0.4, -0.2) is 49.3 Å². The third-order valence-electron chi connectivity index (χ3n) is 14.5. The van der Waals surface area contributed by atoms with Crippen LogP contribution in [0.4, 0.5) is 0 Å². The first-order chi connectivity index (χ1) is 37.8. The largest absolute Gasteiger partial charge is 0.472 e. The van der Waals surface area contributed by atoms with Gasteiger partial charge < -0.3 is 20.1 Å². The van der Waals surface area contributed by atoms with Crippen molar-refractivity contribution in [1.82, 2.24) is 0 Å². The van der Waals surface area contributed by atoms with Crippen molar-refractivity contribution in [2.45, 2.75) is 328 Å². The van der Waals surface area contributed by atoms with Crippen LogP contribution in [0, 0.1) is 0 Å². The number of ether oxygens (including phenoxy) is 2. The van der Waals surface area contributed by atoms with Gasteiger partial charge in [0, 0.05) is 13.0 Å². The Morgan fingerprint density at radius 2 is 0.701 bits per heavy atom. The van der Waals surface area contributed by atoms with Crippen LogP contribution in [0.15, 0.2) is 60.8 Å². The van der Waals surface area contributed by atoms with E-state index in [4.69, 9.17) is 24.3 Å². The van der Waals surface area contributed by atoms with E-state index in [0.717, 1.165) is 44.9 Å². The molecule has 0 aromatic rings. The minimum Gasteiger partial charge on any atom is -0.462 e. The van der Waals surface area contributed by atoms with E-state index in [1.54, 1.807) is 6.08 Å². The summed E-state index contributed by atoms with van der Waals surface area (Å²) in [4.78, 5) is 35.0. The predicted molar refractivity (Wildman–Crippen MR) is 330 cm³/mol. The summed E-state index contributed by atoms with van der Waals surface area (Å²) in [5.74, 6) is -0.967. The molecule has 0 aliphatic carbocycles. The van der Waals surface area contributed by atoms with E-state index in [-0.39, 0.29) is 32.6 Å². The zero-order valence-electron chi connectivity index (χ0n) is 50.4. The molecule has 0 bridgehead atoms. The Labute approximate surface area is 476 Å². The van der Waals surface area contributed by atoms with Crippen LogP contribution in [0.5, 0.6) is 0 Å². The average Bonchev–Trinajstić information content (AvgIpc) is 3.42. The van der Waals surface area contributed by atoms with Gasteiger partial charge in [-0.2, -0.15) is 0 Å². The fourth-order valence-corrected chi connectivity index (χ4v) is 10.4. The number of unbranched alkanes of at least 4 members (excludes halogenated alkanes) is 40. The molecule has 450 valence electrons. The highest BCUT2D eigenvalue weighted by Gasteiger charge is 2.26. The number of phosphoric acid groups is 1. The number of carbonyl (C=O) groups excluding carboxylic acids is 2. The van der Waals surface area contributed by atoms with E-state index in [2.05, 4.69) is 56.4 Å². The lowest BCUT2D eigenvalue weighted by Crippen LogP contribution is -2.29. The third kappa shape index (κ3) is 62.8. The van der Waals surface area contributed by atoms with Gasteiger partial charge in [-0.05, 0) is 38.5 Å². The van der Waals surface area contributed by atoms with Crippen LogP contribution in [0.2, 0.25) is 0 Å². The van der Waals surface area contributed by atoms with Crippen molar-refractivity contribution < 1.29 is 37.6 Å². The van der Waals surface area contributed by atoms with Gasteiger partial charge in [0.1, 0.15) is 6.61 Å². The normalized spacial score (nSPS) is 13.4. The molecule has 0 aromatic heterocycles. The highest BCUT2D eigenvalue weighted by molar-refractivity contribution is 7.47. The summed E-state index contributed by atoms with van der Waals surface area (Å²) in [5.41, 5.74) is 5.37. The lowest BCUT2D eigenvalue weighted by molar-refractivity contribution is -0.160. The van der Waals surface area contributed by atoms with Crippen LogP contribution < -0.4 is 5.73 Å². The topological polar surface area (TPSA) is 134 Å². The zero-order chi connectivity index (χ0) is 55.9.